The molecular formula is C25H36F3N3O. The van der Waals surface area contributed by atoms with E-state index in [1.54, 1.807) is 0 Å². The van der Waals surface area contributed by atoms with Gasteiger partial charge in [-0.05, 0) is 79.6 Å². The Balaban J connectivity index is 0.000000387. The fourth-order valence-corrected chi connectivity index (χ4v) is 4.22. The minimum atomic E-state index is -4.50. The van der Waals surface area contributed by atoms with Gasteiger partial charge in [0.2, 0.25) is 0 Å². The number of alkyl halides is 3. The van der Waals surface area contributed by atoms with E-state index in [-0.39, 0.29) is 5.41 Å². The number of benzene rings is 1. The predicted octanol–water partition coefficient (Wildman–Crippen LogP) is 5.96. The fraction of sp³-hybridized carbons (Fsp3) is 0.560. The molecule has 1 aromatic rings. The Hall–Kier alpha value is -2.28. The summed E-state index contributed by atoms with van der Waals surface area (Å²) in [5.41, 5.74) is 8.46. The summed E-state index contributed by atoms with van der Waals surface area (Å²) in [4.78, 5) is 4.50. The van der Waals surface area contributed by atoms with Gasteiger partial charge in [0, 0.05) is 11.3 Å². The van der Waals surface area contributed by atoms with E-state index in [0.717, 1.165) is 36.1 Å². The molecule has 0 bridgehead atoms. The van der Waals surface area contributed by atoms with Gasteiger partial charge in [0.25, 0.3) is 0 Å². The van der Waals surface area contributed by atoms with Crippen molar-refractivity contribution in [3.8, 4) is 5.75 Å². The zero-order chi connectivity index (χ0) is 23.9. The fourth-order valence-electron chi connectivity index (χ4n) is 4.22. The highest BCUT2D eigenvalue weighted by atomic mass is 19.4. The molecule has 2 heterocycles. The lowest BCUT2D eigenvalue weighted by Crippen LogP contribution is -2.21. The van der Waals surface area contributed by atoms with Gasteiger partial charge < -0.3 is 16.2 Å². The van der Waals surface area contributed by atoms with Crippen molar-refractivity contribution in [3.63, 3.8) is 0 Å². The number of aliphatic imine (C=N–C) groups is 1. The van der Waals surface area contributed by atoms with Crippen molar-refractivity contribution in [3.05, 3.63) is 52.2 Å². The number of nitrogens with one attached hydrogen (secondary N) is 1. The van der Waals surface area contributed by atoms with Crippen LogP contribution >= 0.6 is 0 Å². The first-order chi connectivity index (χ1) is 15.1. The summed E-state index contributed by atoms with van der Waals surface area (Å²) in [5.74, 6) is -0.418. The SMILES string of the molecule is C1CCNCC1.CC.CC1(C)CCC2=C1C(c1ccc(C(F)(F)F)cc1O)=NCC=C2N. The lowest BCUT2D eigenvalue weighted by atomic mass is 9.80. The van der Waals surface area contributed by atoms with E-state index in [4.69, 9.17) is 5.73 Å². The van der Waals surface area contributed by atoms with Crippen molar-refractivity contribution in [2.24, 2.45) is 16.1 Å². The molecule has 0 unspecified atom stereocenters. The van der Waals surface area contributed by atoms with Crippen LogP contribution in [0.5, 0.6) is 5.75 Å². The van der Waals surface area contributed by atoms with Gasteiger partial charge in [-0.3, -0.25) is 4.99 Å². The Labute approximate surface area is 189 Å². The van der Waals surface area contributed by atoms with Gasteiger partial charge in [-0.25, -0.2) is 0 Å². The quantitative estimate of drug-likeness (QED) is 0.493. The molecule has 3 aliphatic rings. The van der Waals surface area contributed by atoms with Crippen LogP contribution in [0.15, 0.2) is 46.1 Å². The predicted molar refractivity (Wildman–Crippen MR) is 125 cm³/mol. The van der Waals surface area contributed by atoms with Crippen molar-refractivity contribution in [1.82, 2.24) is 5.32 Å². The maximum atomic E-state index is 12.8. The van der Waals surface area contributed by atoms with Gasteiger partial charge in [-0.15, -0.1) is 0 Å². The molecule has 0 amide bonds. The lowest BCUT2D eigenvalue weighted by Gasteiger charge is -2.25. The van der Waals surface area contributed by atoms with Gasteiger partial charge in [-0.2, -0.15) is 13.2 Å². The van der Waals surface area contributed by atoms with Crippen molar-refractivity contribution < 1.29 is 18.3 Å². The van der Waals surface area contributed by atoms with Gasteiger partial charge in [0.05, 0.1) is 17.8 Å². The van der Waals surface area contributed by atoms with E-state index in [0.29, 0.717) is 23.5 Å². The van der Waals surface area contributed by atoms with Crippen molar-refractivity contribution >= 4 is 5.71 Å². The first-order valence-corrected chi connectivity index (χ1v) is 11.5. The number of hydrogen-bond donors (Lipinski definition) is 3. The zero-order valence-corrected chi connectivity index (χ0v) is 19.6. The largest absolute Gasteiger partial charge is 0.507 e. The van der Waals surface area contributed by atoms with Crippen LogP contribution in [0, 0.1) is 5.41 Å². The molecule has 2 aliphatic heterocycles. The third kappa shape index (κ3) is 6.15. The average molecular weight is 452 g/mol. The third-order valence-corrected chi connectivity index (χ3v) is 5.91. The second-order valence-electron chi connectivity index (χ2n) is 8.63. The van der Waals surface area contributed by atoms with E-state index in [1.165, 1.54) is 38.4 Å². The van der Waals surface area contributed by atoms with Gasteiger partial charge in [0.15, 0.2) is 0 Å². The van der Waals surface area contributed by atoms with Crippen molar-refractivity contribution in [2.45, 2.75) is 66.0 Å². The Morgan fingerprint density at radius 3 is 2.25 bits per heavy atom. The summed E-state index contributed by atoms with van der Waals surface area (Å²) in [6.45, 7) is 11.0. The van der Waals surface area contributed by atoms with Crippen LogP contribution in [0.4, 0.5) is 13.2 Å². The molecular weight excluding hydrogens is 415 g/mol. The summed E-state index contributed by atoms with van der Waals surface area (Å²) in [5, 5.41) is 13.5. The van der Waals surface area contributed by atoms with Gasteiger partial charge >= 0.3 is 6.18 Å². The molecule has 4 rings (SSSR count). The molecule has 0 atom stereocenters. The molecule has 1 aromatic carbocycles. The third-order valence-electron chi connectivity index (χ3n) is 5.91. The number of hydrogen-bond acceptors (Lipinski definition) is 4. The minimum Gasteiger partial charge on any atom is -0.507 e. The van der Waals surface area contributed by atoms with Crippen LogP contribution in [0.25, 0.3) is 0 Å². The molecule has 0 radical (unpaired) electrons. The Morgan fingerprint density at radius 1 is 1.09 bits per heavy atom. The number of aromatic hydroxyl groups is 1. The highest BCUT2D eigenvalue weighted by Crippen LogP contribution is 2.47. The van der Waals surface area contributed by atoms with Crippen LogP contribution in [0.1, 0.15) is 70.9 Å². The average Bonchev–Trinajstić information content (AvgIpc) is 2.98. The number of halogens is 3. The van der Waals surface area contributed by atoms with E-state index in [9.17, 15) is 18.3 Å². The number of nitrogens with zero attached hydrogens (tertiary/aromatic N) is 1. The lowest BCUT2D eigenvalue weighted by molar-refractivity contribution is -0.137. The standard InChI is InChI=1S/C18H19F3N2O.C5H11N.C2H6/c1-17(2)7-5-11-13(22)6-8-23-16(15(11)17)12-4-3-10(9-14(12)24)18(19,20)21;1-2-4-6-5-3-1;1-2/h3-4,6,9,24H,5,7-8,22H2,1-2H3;6H,1-5H2;1-2H3. The number of allylic oxidation sites excluding steroid dienone is 2. The monoisotopic (exact) mass is 451 g/mol. The van der Waals surface area contributed by atoms with E-state index in [2.05, 4.69) is 24.2 Å². The smallest absolute Gasteiger partial charge is 0.416 e. The van der Waals surface area contributed by atoms with Crippen LogP contribution in [-0.4, -0.2) is 30.5 Å². The maximum Gasteiger partial charge on any atom is 0.416 e. The Morgan fingerprint density at radius 2 is 1.75 bits per heavy atom. The van der Waals surface area contributed by atoms with E-state index >= 15 is 0 Å². The summed E-state index contributed by atoms with van der Waals surface area (Å²) < 4.78 is 38.5. The molecule has 32 heavy (non-hydrogen) atoms. The second kappa shape index (κ2) is 11.0. The van der Waals surface area contributed by atoms with Crippen LogP contribution < -0.4 is 11.1 Å². The van der Waals surface area contributed by atoms with Crippen molar-refractivity contribution in [1.29, 1.82) is 0 Å². The van der Waals surface area contributed by atoms with E-state index in [1.807, 2.05) is 19.9 Å². The number of phenolic OH excluding ortho intramolecular Hbond substituents is 1. The summed E-state index contributed by atoms with van der Waals surface area (Å²) in [6, 6.07) is 3.01. The number of nitrogens with two attached hydrogens (primary N) is 1. The molecule has 1 fully saturated rings. The molecule has 178 valence electrons. The first kappa shape index (κ1) is 26.0. The molecule has 4 nitrogen and oxygen atoms in total. The molecule has 0 saturated carbocycles. The molecule has 1 aliphatic carbocycles. The van der Waals surface area contributed by atoms with Crippen molar-refractivity contribution in [2.75, 3.05) is 19.6 Å². The molecule has 4 N–H and O–H groups in total. The molecule has 0 aromatic heterocycles. The molecule has 7 heteroatoms. The number of piperidine rings is 1. The second-order valence-corrected chi connectivity index (χ2v) is 8.63. The molecule has 1 saturated heterocycles. The highest BCUT2D eigenvalue weighted by molar-refractivity contribution is 6.16. The molecule has 0 spiro atoms. The number of phenols is 1. The van der Waals surface area contributed by atoms with Crippen LogP contribution in [-0.2, 0) is 6.18 Å². The Bertz CT molecular complexity index is 867. The first-order valence-electron chi connectivity index (χ1n) is 11.5. The normalized spacial score (nSPS) is 20.0. The zero-order valence-electron chi connectivity index (χ0n) is 19.6. The highest BCUT2D eigenvalue weighted by Gasteiger charge is 2.38. The summed E-state index contributed by atoms with van der Waals surface area (Å²) in [7, 11) is 0. The van der Waals surface area contributed by atoms with E-state index < -0.39 is 17.5 Å². The number of rotatable bonds is 1. The van der Waals surface area contributed by atoms with Crippen LogP contribution in [0.2, 0.25) is 0 Å². The topological polar surface area (TPSA) is 70.6 Å². The minimum absolute atomic E-state index is 0.202. The van der Waals surface area contributed by atoms with Crippen LogP contribution in [0.3, 0.4) is 0 Å². The summed E-state index contributed by atoms with van der Waals surface area (Å²) >= 11 is 0. The maximum absolute atomic E-state index is 12.8. The van der Waals surface area contributed by atoms with Gasteiger partial charge in [-0.1, -0.05) is 34.1 Å². The summed E-state index contributed by atoms with van der Waals surface area (Å²) in [6.07, 6.45) is 3.21. The Kier molecular flexibility index (Phi) is 8.96. The van der Waals surface area contributed by atoms with Gasteiger partial charge in [0.1, 0.15) is 5.75 Å².